The first-order valence-electron chi connectivity index (χ1n) is 2.83. The van der Waals surface area contributed by atoms with Gasteiger partial charge in [-0.05, 0) is 22.0 Å². The fourth-order valence-corrected chi connectivity index (χ4v) is 1.02. The molecule has 5 heteroatoms. The molecule has 1 heterocycles. The van der Waals surface area contributed by atoms with Gasteiger partial charge in [-0.1, -0.05) is 5.18 Å². The van der Waals surface area contributed by atoms with E-state index in [9.17, 15) is 9.30 Å². The van der Waals surface area contributed by atoms with E-state index in [0.717, 1.165) is 0 Å². The Morgan fingerprint density at radius 2 is 2.45 bits per heavy atom. The van der Waals surface area contributed by atoms with Crippen LogP contribution in [0, 0.1) is 10.9 Å². The maximum Gasteiger partial charge on any atom is 0.218 e. The molecule has 0 bridgehead atoms. The third kappa shape index (κ3) is 2.04. The molecule has 1 rings (SSSR count). The highest BCUT2D eigenvalue weighted by atomic mass is 79.9. The summed E-state index contributed by atoms with van der Waals surface area (Å²) in [6.07, 6.45) is 1.32. The number of hydrogen-bond acceptors (Lipinski definition) is 3. The van der Waals surface area contributed by atoms with Crippen molar-refractivity contribution in [3.8, 4) is 0 Å². The first-order chi connectivity index (χ1) is 5.24. The summed E-state index contributed by atoms with van der Waals surface area (Å²) in [4.78, 5) is 13.2. The van der Waals surface area contributed by atoms with Crippen molar-refractivity contribution in [3.05, 3.63) is 33.2 Å². The van der Waals surface area contributed by atoms with E-state index >= 15 is 0 Å². The SMILES string of the molecule is O=NCc1cc(Br)cnc1F. The molecule has 0 atom stereocenters. The molecular weight excluding hydrogens is 215 g/mol. The van der Waals surface area contributed by atoms with Gasteiger partial charge in [-0.25, -0.2) is 4.98 Å². The Balaban J connectivity index is 3.01. The van der Waals surface area contributed by atoms with Gasteiger partial charge < -0.3 is 0 Å². The molecule has 58 valence electrons. The molecule has 1 aromatic heterocycles. The molecule has 0 radical (unpaired) electrons. The van der Waals surface area contributed by atoms with Crippen LogP contribution in [0.15, 0.2) is 21.9 Å². The van der Waals surface area contributed by atoms with Crippen LogP contribution in [0.5, 0.6) is 0 Å². The van der Waals surface area contributed by atoms with E-state index in [2.05, 4.69) is 26.1 Å². The van der Waals surface area contributed by atoms with Gasteiger partial charge in [0.2, 0.25) is 5.95 Å². The number of pyridine rings is 1. The van der Waals surface area contributed by atoms with Crippen molar-refractivity contribution in [2.75, 3.05) is 0 Å². The summed E-state index contributed by atoms with van der Waals surface area (Å²) in [7, 11) is 0. The first kappa shape index (κ1) is 8.26. The van der Waals surface area contributed by atoms with Crippen molar-refractivity contribution in [1.29, 1.82) is 0 Å². The van der Waals surface area contributed by atoms with E-state index in [4.69, 9.17) is 0 Å². The Morgan fingerprint density at radius 3 is 3.09 bits per heavy atom. The summed E-state index contributed by atoms with van der Waals surface area (Å²) in [5.74, 6) is -0.646. The molecule has 0 unspecified atom stereocenters. The normalized spacial score (nSPS) is 9.64. The van der Waals surface area contributed by atoms with Gasteiger partial charge in [0.05, 0.1) is 0 Å². The van der Waals surface area contributed by atoms with Crippen molar-refractivity contribution >= 4 is 15.9 Å². The van der Waals surface area contributed by atoms with Gasteiger partial charge in [0, 0.05) is 16.2 Å². The smallest absolute Gasteiger partial charge is 0.218 e. The van der Waals surface area contributed by atoms with Crippen molar-refractivity contribution in [2.45, 2.75) is 6.54 Å². The van der Waals surface area contributed by atoms with Crippen LogP contribution in [-0.4, -0.2) is 4.98 Å². The zero-order valence-electron chi connectivity index (χ0n) is 5.42. The quantitative estimate of drug-likeness (QED) is 0.565. The van der Waals surface area contributed by atoms with Crippen LogP contribution < -0.4 is 0 Å². The first-order valence-corrected chi connectivity index (χ1v) is 3.62. The average molecular weight is 219 g/mol. The number of rotatable bonds is 2. The number of aromatic nitrogens is 1. The van der Waals surface area contributed by atoms with Crippen molar-refractivity contribution in [3.63, 3.8) is 0 Å². The second kappa shape index (κ2) is 3.52. The fraction of sp³-hybridized carbons (Fsp3) is 0.167. The molecular formula is C6H4BrFN2O. The predicted molar refractivity (Wildman–Crippen MR) is 41.4 cm³/mol. The van der Waals surface area contributed by atoms with Crippen LogP contribution in [-0.2, 0) is 6.54 Å². The average Bonchev–Trinajstić information content (AvgIpc) is 1.98. The van der Waals surface area contributed by atoms with Gasteiger partial charge in [0.15, 0.2) is 0 Å². The predicted octanol–water partition coefficient (Wildman–Crippen LogP) is 2.25. The van der Waals surface area contributed by atoms with Crippen LogP contribution in [0.2, 0.25) is 0 Å². The molecule has 0 amide bonds. The van der Waals surface area contributed by atoms with Gasteiger partial charge in [-0.2, -0.15) is 9.30 Å². The molecule has 11 heavy (non-hydrogen) atoms. The molecule has 0 fully saturated rings. The Hall–Kier alpha value is -0.840. The molecule has 0 N–H and O–H groups in total. The van der Waals surface area contributed by atoms with E-state index in [1.54, 1.807) is 0 Å². The highest BCUT2D eigenvalue weighted by molar-refractivity contribution is 9.10. The number of hydrogen-bond donors (Lipinski definition) is 0. The molecule has 0 aliphatic carbocycles. The lowest BCUT2D eigenvalue weighted by atomic mass is 10.3. The Labute approximate surface area is 70.7 Å². The maximum atomic E-state index is 12.6. The lowest BCUT2D eigenvalue weighted by molar-refractivity contribution is 0.566. The lowest BCUT2D eigenvalue weighted by Crippen LogP contribution is -1.91. The summed E-state index contributed by atoms with van der Waals surface area (Å²) in [5.41, 5.74) is 0.203. The maximum absolute atomic E-state index is 12.6. The Bertz CT molecular complexity index is 279. The van der Waals surface area contributed by atoms with Crippen molar-refractivity contribution in [1.82, 2.24) is 4.98 Å². The van der Waals surface area contributed by atoms with Crippen molar-refractivity contribution in [2.24, 2.45) is 5.18 Å². The molecule has 3 nitrogen and oxygen atoms in total. The monoisotopic (exact) mass is 218 g/mol. The molecule has 0 saturated carbocycles. The summed E-state index contributed by atoms with van der Waals surface area (Å²) in [5, 5.41) is 2.56. The van der Waals surface area contributed by atoms with Crippen LogP contribution in [0.3, 0.4) is 0 Å². The van der Waals surface area contributed by atoms with E-state index in [0.29, 0.717) is 4.47 Å². The minimum Gasteiger partial charge on any atom is -0.227 e. The van der Waals surface area contributed by atoms with Crippen LogP contribution in [0.1, 0.15) is 5.56 Å². The lowest BCUT2D eigenvalue weighted by Gasteiger charge is -1.95. The topological polar surface area (TPSA) is 42.3 Å². The van der Waals surface area contributed by atoms with Gasteiger partial charge >= 0.3 is 0 Å². The second-order valence-corrected chi connectivity index (χ2v) is 2.81. The summed E-state index contributed by atoms with van der Waals surface area (Å²) < 4.78 is 13.3. The molecule has 0 saturated heterocycles. The molecule has 1 aromatic rings. The van der Waals surface area contributed by atoms with Crippen molar-refractivity contribution < 1.29 is 4.39 Å². The van der Waals surface area contributed by atoms with E-state index in [1.807, 2.05) is 0 Å². The largest absolute Gasteiger partial charge is 0.227 e. The van der Waals surface area contributed by atoms with Gasteiger partial charge in [0.25, 0.3) is 0 Å². The highest BCUT2D eigenvalue weighted by Gasteiger charge is 2.02. The van der Waals surface area contributed by atoms with Crippen LogP contribution in [0.4, 0.5) is 4.39 Å². The Kier molecular flexibility index (Phi) is 2.64. The molecule has 0 spiro atoms. The van der Waals surface area contributed by atoms with Gasteiger partial charge in [-0.15, -0.1) is 0 Å². The summed E-state index contributed by atoms with van der Waals surface area (Å²) in [6.45, 7) is -0.182. The highest BCUT2D eigenvalue weighted by Crippen LogP contribution is 2.13. The van der Waals surface area contributed by atoms with Crippen LogP contribution in [0.25, 0.3) is 0 Å². The summed E-state index contributed by atoms with van der Waals surface area (Å²) in [6, 6.07) is 1.48. The minimum absolute atomic E-state index is 0.182. The van der Waals surface area contributed by atoms with Gasteiger partial charge in [0.1, 0.15) is 6.54 Å². The zero-order chi connectivity index (χ0) is 8.27. The third-order valence-electron chi connectivity index (χ3n) is 1.11. The fourth-order valence-electron chi connectivity index (χ4n) is 0.645. The third-order valence-corrected chi connectivity index (χ3v) is 1.55. The molecule has 0 aliphatic rings. The van der Waals surface area contributed by atoms with Crippen LogP contribution >= 0.6 is 15.9 Å². The van der Waals surface area contributed by atoms with E-state index in [-0.39, 0.29) is 12.1 Å². The number of halogens is 2. The Morgan fingerprint density at radius 1 is 1.73 bits per heavy atom. The molecule has 0 aliphatic heterocycles. The van der Waals surface area contributed by atoms with E-state index < -0.39 is 5.95 Å². The standard InChI is InChI=1S/C6H4BrFN2O/c7-5-1-4(2-10-11)6(8)9-3-5/h1,3H,2H2. The van der Waals surface area contributed by atoms with E-state index in [1.165, 1.54) is 12.3 Å². The summed E-state index contributed by atoms with van der Waals surface area (Å²) >= 11 is 3.09. The number of nitrogens with zero attached hydrogens (tertiary/aromatic N) is 2. The molecule has 0 aromatic carbocycles. The zero-order valence-corrected chi connectivity index (χ0v) is 7.01. The number of nitroso groups, excluding NO2 is 1. The second-order valence-electron chi connectivity index (χ2n) is 1.89. The minimum atomic E-state index is -0.646. The van der Waals surface area contributed by atoms with Gasteiger partial charge in [-0.3, -0.25) is 0 Å².